The molecule has 94 valence electrons. The van der Waals surface area contributed by atoms with E-state index in [4.69, 9.17) is 4.74 Å². The van der Waals surface area contributed by atoms with Crippen LogP contribution in [0.2, 0.25) is 0 Å². The van der Waals surface area contributed by atoms with Crippen molar-refractivity contribution in [2.45, 2.75) is 6.54 Å². The highest BCUT2D eigenvalue weighted by Gasteiger charge is 2.05. The fraction of sp³-hybridized carbons (Fsp3) is 0.500. The molecule has 0 aliphatic heterocycles. The number of rotatable bonds is 6. The van der Waals surface area contributed by atoms with Gasteiger partial charge in [0, 0.05) is 26.8 Å². The lowest BCUT2D eigenvalue weighted by atomic mass is 10.4. The SMILES string of the molecule is CNc1cnn(CC(=O)NCCOC)c(=O)c1. The molecule has 0 radical (unpaired) electrons. The topological polar surface area (TPSA) is 85.2 Å². The molecular weight excluding hydrogens is 224 g/mol. The van der Waals surface area contributed by atoms with E-state index in [1.165, 1.54) is 12.3 Å². The minimum Gasteiger partial charge on any atom is -0.387 e. The van der Waals surface area contributed by atoms with Gasteiger partial charge in [0.15, 0.2) is 0 Å². The van der Waals surface area contributed by atoms with Crippen LogP contribution in [0.4, 0.5) is 5.69 Å². The summed E-state index contributed by atoms with van der Waals surface area (Å²) in [6, 6.07) is 1.38. The minimum absolute atomic E-state index is 0.0907. The van der Waals surface area contributed by atoms with Crippen molar-refractivity contribution in [3.05, 3.63) is 22.6 Å². The molecule has 0 aliphatic carbocycles. The summed E-state index contributed by atoms with van der Waals surface area (Å²) in [5.41, 5.74) is 0.296. The van der Waals surface area contributed by atoms with Crippen LogP contribution < -0.4 is 16.2 Å². The lowest BCUT2D eigenvalue weighted by Crippen LogP contribution is -2.34. The molecule has 0 saturated heterocycles. The number of aromatic nitrogens is 2. The molecule has 7 nitrogen and oxygen atoms in total. The molecule has 0 fully saturated rings. The zero-order chi connectivity index (χ0) is 12.7. The zero-order valence-electron chi connectivity index (χ0n) is 9.90. The number of ether oxygens (including phenoxy) is 1. The van der Waals surface area contributed by atoms with Crippen molar-refractivity contribution in [1.29, 1.82) is 0 Å². The first-order valence-electron chi connectivity index (χ1n) is 5.18. The molecule has 0 spiro atoms. The summed E-state index contributed by atoms with van der Waals surface area (Å²) in [7, 11) is 3.24. The molecule has 1 aromatic rings. The normalized spacial score (nSPS) is 10.0. The summed E-state index contributed by atoms with van der Waals surface area (Å²) in [6.07, 6.45) is 1.49. The van der Waals surface area contributed by atoms with Gasteiger partial charge in [-0.1, -0.05) is 0 Å². The number of nitrogens with zero attached hydrogens (tertiary/aromatic N) is 2. The van der Waals surface area contributed by atoms with Crippen molar-refractivity contribution in [1.82, 2.24) is 15.1 Å². The van der Waals surface area contributed by atoms with Crippen LogP contribution in [0.25, 0.3) is 0 Å². The van der Waals surface area contributed by atoms with Crippen LogP contribution in [0.1, 0.15) is 0 Å². The first-order valence-corrected chi connectivity index (χ1v) is 5.18. The number of hydrogen-bond acceptors (Lipinski definition) is 5. The maximum atomic E-state index is 11.5. The highest BCUT2D eigenvalue weighted by molar-refractivity contribution is 5.75. The van der Waals surface area contributed by atoms with Crippen LogP contribution in [0.5, 0.6) is 0 Å². The molecule has 1 heterocycles. The molecule has 17 heavy (non-hydrogen) atoms. The molecular formula is C10H16N4O3. The van der Waals surface area contributed by atoms with E-state index in [2.05, 4.69) is 15.7 Å². The third-order valence-corrected chi connectivity index (χ3v) is 2.08. The van der Waals surface area contributed by atoms with Gasteiger partial charge in [-0.15, -0.1) is 0 Å². The monoisotopic (exact) mass is 240 g/mol. The number of hydrogen-bond donors (Lipinski definition) is 2. The second-order valence-electron chi connectivity index (χ2n) is 3.33. The molecule has 0 unspecified atom stereocenters. The van der Waals surface area contributed by atoms with Gasteiger partial charge in [0.05, 0.1) is 18.5 Å². The average molecular weight is 240 g/mol. The van der Waals surface area contributed by atoms with E-state index in [9.17, 15) is 9.59 Å². The Labute approximate surface area is 98.8 Å². The lowest BCUT2D eigenvalue weighted by Gasteiger charge is -2.06. The molecule has 2 N–H and O–H groups in total. The number of carbonyl (C=O) groups is 1. The standard InChI is InChI=1S/C10H16N4O3/c1-11-8-5-10(16)14(13-6-8)7-9(15)12-3-4-17-2/h5-6,11H,3-4,7H2,1-2H3,(H,12,15). The average Bonchev–Trinajstić information content (AvgIpc) is 2.32. The van der Waals surface area contributed by atoms with Crippen LogP contribution in [-0.2, 0) is 16.1 Å². The highest BCUT2D eigenvalue weighted by Crippen LogP contribution is 1.96. The quantitative estimate of drug-likeness (QED) is 0.626. The van der Waals surface area contributed by atoms with Gasteiger partial charge < -0.3 is 15.4 Å². The van der Waals surface area contributed by atoms with Gasteiger partial charge in [-0.05, 0) is 0 Å². The Morgan fingerprint density at radius 3 is 2.94 bits per heavy atom. The fourth-order valence-electron chi connectivity index (χ4n) is 1.17. The van der Waals surface area contributed by atoms with E-state index >= 15 is 0 Å². The van der Waals surface area contributed by atoms with Crippen molar-refractivity contribution < 1.29 is 9.53 Å². The summed E-state index contributed by atoms with van der Waals surface area (Å²) >= 11 is 0. The summed E-state index contributed by atoms with van der Waals surface area (Å²) in [4.78, 5) is 22.9. The number of carbonyl (C=O) groups excluding carboxylic acids is 1. The first-order chi connectivity index (χ1) is 8.17. The molecule has 0 aromatic carbocycles. The van der Waals surface area contributed by atoms with Gasteiger partial charge in [-0.2, -0.15) is 5.10 Å². The zero-order valence-corrected chi connectivity index (χ0v) is 9.90. The van der Waals surface area contributed by atoms with Gasteiger partial charge in [0.2, 0.25) is 5.91 Å². The number of methoxy groups -OCH3 is 1. The Bertz CT molecular complexity index is 430. The maximum Gasteiger partial charge on any atom is 0.269 e. The summed E-state index contributed by atoms with van der Waals surface area (Å²) in [5.74, 6) is -0.270. The van der Waals surface area contributed by atoms with Gasteiger partial charge in [0.1, 0.15) is 6.54 Å². The summed E-state index contributed by atoms with van der Waals surface area (Å²) < 4.78 is 5.89. The molecule has 0 aliphatic rings. The molecule has 0 bridgehead atoms. The lowest BCUT2D eigenvalue weighted by molar-refractivity contribution is -0.122. The van der Waals surface area contributed by atoms with E-state index in [0.717, 1.165) is 4.68 Å². The predicted octanol–water partition coefficient (Wildman–Crippen LogP) is -0.952. The third kappa shape index (κ3) is 4.23. The van der Waals surface area contributed by atoms with Crippen molar-refractivity contribution in [3.8, 4) is 0 Å². The fourth-order valence-corrected chi connectivity index (χ4v) is 1.17. The Morgan fingerprint density at radius 2 is 2.35 bits per heavy atom. The number of anilines is 1. The van der Waals surface area contributed by atoms with Crippen molar-refractivity contribution in [3.63, 3.8) is 0 Å². The molecule has 0 atom stereocenters. The van der Waals surface area contributed by atoms with Gasteiger partial charge in [0.25, 0.3) is 5.56 Å². The highest BCUT2D eigenvalue weighted by atomic mass is 16.5. The second kappa shape index (κ2) is 6.64. The molecule has 1 aromatic heterocycles. The number of nitrogens with one attached hydrogen (secondary N) is 2. The predicted molar refractivity (Wildman–Crippen MR) is 62.9 cm³/mol. The first kappa shape index (κ1) is 13.2. The van der Waals surface area contributed by atoms with Gasteiger partial charge >= 0.3 is 0 Å². The van der Waals surface area contributed by atoms with E-state index in [0.29, 0.717) is 18.8 Å². The van der Waals surface area contributed by atoms with Crippen LogP contribution in [0.3, 0.4) is 0 Å². The summed E-state index contributed by atoms with van der Waals surface area (Å²) in [5, 5.41) is 9.27. The Balaban J connectivity index is 2.56. The third-order valence-electron chi connectivity index (χ3n) is 2.08. The van der Waals surface area contributed by atoms with E-state index < -0.39 is 0 Å². The second-order valence-corrected chi connectivity index (χ2v) is 3.33. The van der Waals surface area contributed by atoms with E-state index in [1.807, 2.05) is 0 Å². The van der Waals surface area contributed by atoms with Crippen LogP contribution in [0.15, 0.2) is 17.1 Å². The largest absolute Gasteiger partial charge is 0.387 e. The molecule has 1 amide bonds. The molecule has 0 saturated carbocycles. The van der Waals surface area contributed by atoms with Gasteiger partial charge in [-0.25, -0.2) is 4.68 Å². The van der Waals surface area contributed by atoms with E-state index in [-0.39, 0.29) is 18.0 Å². The smallest absolute Gasteiger partial charge is 0.269 e. The Kier molecular flexibility index (Phi) is 5.15. The molecule has 7 heteroatoms. The van der Waals surface area contributed by atoms with Crippen molar-refractivity contribution in [2.24, 2.45) is 0 Å². The Hall–Kier alpha value is -1.89. The minimum atomic E-state index is -0.321. The summed E-state index contributed by atoms with van der Waals surface area (Å²) in [6.45, 7) is 0.762. The number of amides is 1. The Morgan fingerprint density at radius 1 is 1.59 bits per heavy atom. The van der Waals surface area contributed by atoms with Crippen molar-refractivity contribution in [2.75, 3.05) is 32.6 Å². The van der Waals surface area contributed by atoms with Crippen LogP contribution >= 0.6 is 0 Å². The van der Waals surface area contributed by atoms with E-state index in [1.54, 1.807) is 14.2 Å². The van der Waals surface area contributed by atoms with Gasteiger partial charge in [-0.3, -0.25) is 9.59 Å². The maximum absolute atomic E-state index is 11.5. The molecule has 1 rings (SSSR count). The van der Waals surface area contributed by atoms with Crippen molar-refractivity contribution >= 4 is 11.6 Å². The van der Waals surface area contributed by atoms with Crippen LogP contribution in [-0.4, -0.2) is 43.0 Å². The van der Waals surface area contributed by atoms with Crippen LogP contribution in [0, 0.1) is 0 Å².